The fraction of sp³-hybridized carbons (Fsp3) is 0.538. The zero-order valence-corrected chi connectivity index (χ0v) is 10.6. The summed E-state index contributed by atoms with van der Waals surface area (Å²) in [5.41, 5.74) is 1.04. The molecule has 2 rings (SSSR count). The zero-order valence-electron chi connectivity index (χ0n) is 10.6. The first-order chi connectivity index (χ1) is 8.72. The number of nitrogens with one attached hydrogen (secondary N) is 1. The van der Waals surface area contributed by atoms with Crippen LogP contribution >= 0.6 is 0 Å². The molecule has 0 amide bonds. The number of nitro benzene ring substituents is 1. The molecule has 1 saturated heterocycles. The lowest BCUT2D eigenvalue weighted by Crippen LogP contribution is -2.57. The Labute approximate surface area is 107 Å². The summed E-state index contributed by atoms with van der Waals surface area (Å²) in [6.45, 7) is 5.76. The fourth-order valence-corrected chi connectivity index (χ4v) is 2.25. The van der Waals surface area contributed by atoms with Crippen LogP contribution in [0.2, 0.25) is 0 Å². The predicted molar refractivity (Wildman–Crippen MR) is 70.5 cm³/mol. The minimum atomic E-state index is -0.293. The van der Waals surface area contributed by atoms with Gasteiger partial charge in [0.05, 0.1) is 4.92 Å². The summed E-state index contributed by atoms with van der Waals surface area (Å²) in [6.07, 6.45) is 1.07. The highest BCUT2D eigenvalue weighted by atomic mass is 16.6. The average Bonchev–Trinajstić information content (AvgIpc) is 2.27. The molecule has 0 saturated carbocycles. The first-order valence-electron chi connectivity index (χ1n) is 6.39. The molecular formula is C13H19N3O2. The summed E-state index contributed by atoms with van der Waals surface area (Å²) in [5.74, 6) is 0. The Bertz CT molecular complexity index is 418. The lowest BCUT2D eigenvalue weighted by atomic mass is 10.1. The van der Waals surface area contributed by atoms with Crippen molar-refractivity contribution in [2.24, 2.45) is 0 Å². The Kier molecular flexibility index (Phi) is 4.28. The van der Waals surface area contributed by atoms with Crippen molar-refractivity contribution in [3.8, 4) is 0 Å². The van der Waals surface area contributed by atoms with Crippen molar-refractivity contribution in [3.05, 3.63) is 39.9 Å². The van der Waals surface area contributed by atoms with Crippen molar-refractivity contribution >= 4 is 5.69 Å². The molecule has 0 aliphatic carbocycles. The first kappa shape index (κ1) is 13.0. The van der Waals surface area contributed by atoms with Crippen LogP contribution in [-0.4, -0.2) is 35.5 Å². The van der Waals surface area contributed by atoms with Gasteiger partial charge >= 0.3 is 0 Å². The monoisotopic (exact) mass is 249 g/mol. The van der Waals surface area contributed by atoms with Crippen molar-refractivity contribution in [2.75, 3.05) is 19.6 Å². The van der Waals surface area contributed by atoms with Crippen LogP contribution in [0.3, 0.4) is 0 Å². The normalized spacial score (nSPS) is 15.7. The lowest BCUT2D eigenvalue weighted by molar-refractivity contribution is -0.385. The summed E-state index contributed by atoms with van der Waals surface area (Å²) < 4.78 is 0. The second-order valence-electron chi connectivity index (χ2n) is 4.67. The molecule has 5 nitrogen and oxygen atoms in total. The molecule has 0 unspecified atom stereocenters. The molecular weight excluding hydrogens is 230 g/mol. The van der Waals surface area contributed by atoms with Crippen molar-refractivity contribution in [1.82, 2.24) is 10.2 Å². The third-order valence-electron chi connectivity index (χ3n) is 3.35. The molecule has 0 bridgehead atoms. The minimum Gasteiger partial charge on any atom is -0.314 e. The number of hydrogen-bond donors (Lipinski definition) is 1. The van der Waals surface area contributed by atoms with E-state index in [4.69, 9.17) is 0 Å². The summed E-state index contributed by atoms with van der Waals surface area (Å²) in [4.78, 5) is 13.0. The van der Waals surface area contributed by atoms with E-state index in [2.05, 4.69) is 17.1 Å². The number of hydrogen-bond acceptors (Lipinski definition) is 4. The number of para-hydroxylation sites is 1. The van der Waals surface area contributed by atoms with Gasteiger partial charge in [-0.1, -0.05) is 25.1 Å². The number of rotatable bonds is 6. The average molecular weight is 249 g/mol. The zero-order chi connectivity index (χ0) is 13.0. The molecule has 0 radical (unpaired) electrons. The van der Waals surface area contributed by atoms with Crippen LogP contribution in [-0.2, 0) is 6.54 Å². The van der Waals surface area contributed by atoms with Gasteiger partial charge < -0.3 is 5.32 Å². The molecule has 1 aliphatic rings. The summed E-state index contributed by atoms with van der Waals surface area (Å²) >= 11 is 0. The second kappa shape index (κ2) is 5.93. The molecule has 18 heavy (non-hydrogen) atoms. The SMILES string of the molecule is CCCN(Cc1ccccc1[N+](=O)[O-])C1CNC1. The molecule has 98 valence electrons. The molecule has 1 aromatic rings. The summed E-state index contributed by atoms with van der Waals surface area (Å²) in [6, 6.07) is 7.54. The van der Waals surface area contributed by atoms with Gasteiger partial charge in [0.2, 0.25) is 0 Å². The fourth-order valence-electron chi connectivity index (χ4n) is 2.25. The van der Waals surface area contributed by atoms with E-state index in [0.717, 1.165) is 31.6 Å². The van der Waals surface area contributed by atoms with Gasteiger partial charge in [0.25, 0.3) is 5.69 Å². The largest absolute Gasteiger partial charge is 0.314 e. The maximum absolute atomic E-state index is 11.0. The van der Waals surface area contributed by atoms with E-state index >= 15 is 0 Å². The van der Waals surface area contributed by atoms with E-state index in [1.54, 1.807) is 12.1 Å². The van der Waals surface area contributed by atoms with Crippen molar-refractivity contribution in [2.45, 2.75) is 25.9 Å². The van der Waals surface area contributed by atoms with Gasteiger partial charge in [-0.3, -0.25) is 15.0 Å². The van der Waals surface area contributed by atoms with Crippen LogP contribution in [0.5, 0.6) is 0 Å². The van der Waals surface area contributed by atoms with E-state index in [-0.39, 0.29) is 10.6 Å². The third kappa shape index (κ3) is 2.86. The minimum absolute atomic E-state index is 0.228. The second-order valence-corrected chi connectivity index (χ2v) is 4.67. The quantitative estimate of drug-likeness (QED) is 0.616. The summed E-state index contributed by atoms with van der Waals surface area (Å²) in [5, 5.41) is 14.2. The van der Waals surface area contributed by atoms with E-state index in [1.807, 2.05) is 12.1 Å². The third-order valence-corrected chi connectivity index (χ3v) is 3.35. The van der Waals surface area contributed by atoms with Gasteiger partial charge in [-0.25, -0.2) is 0 Å². The maximum Gasteiger partial charge on any atom is 0.273 e. The molecule has 5 heteroatoms. The van der Waals surface area contributed by atoms with Gasteiger partial charge in [-0.15, -0.1) is 0 Å². The Hall–Kier alpha value is -1.46. The molecule has 0 spiro atoms. The predicted octanol–water partition coefficient (Wildman–Crippen LogP) is 1.78. The lowest BCUT2D eigenvalue weighted by Gasteiger charge is -2.38. The highest BCUT2D eigenvalue weighted by Crippen LogP contribution is 2.21. The van der Waals surface area contributed by atoms with Crippen molar-refractivity contribution in [1.29, 1.82) is 0 Å². The Morgan fingerprint density at radius 1 is 1.44 bits per heavy atom. The van der Waals surface area contributed by atoms with E-state index in [0.29, 0.717) is 12.6 Å². The maximum atomic E-state index is 11.0. The smallest absolute Gasteiger partial charge is 0.273 e. The Balaban J connectivity index is 2.12. The number of benzene rings is 1. The van der Waals surface area contributed by atoms with Gasteiger partial charge in [-0.05, 0) is 13.0 Å². The van der Waals surface area contributed by atoms with Crippen LogP contribution in [0.25, 0.3) is 0 Å². The molecule has 1 aromatic carbocycles. The Morgan fingerprint density at radius 3 is 2.72 bits per heavy atom. The summed E-state index contributed by atoms with van der Waals surface area (Å²) in [7, 11) is 0. The van der Waals surface area contributed by atoms with Crippen LogP contribution in [0.15, 0.2) is 24.3 Å². The van der Waals surface area contributed by atoms with Crippen molar-refractivity contribution < 1.29 is 4.92 Å². The topological polar surface area (TPSA) is 58.4 Å². The van der Waals surface area contributed by atoms with E-state index in [1.165, 1.54) is 0 Å². The molecule has 1 N–H and O–H groups in total. The van der Waals surface area contributed by atoms with Crippen LogP contribution < -0.4 is 5.32 Å². The van der Waals surface area contributed by atoms with Crippen LogP contribution in [0.4, 0.5) is 5.69 Å². The first-order valence-corrected chi connectivity index (χ1v) is 6.39. The number of nitrogens with zero attached hydrogens (tertiary/aromatic N) is 2. The van der Waals surface area contributed by atoms with E-state index < -0.39 is 0 Å². The van der Waals surface area contributed by atoms with E-state index in [9.17, 15) is 10.1 Å². The highest BCUT2D eigenvalue weighted by molar-refractivity contribution is 5.39. The van der Waals surface area contributed by atoms with Crippen LogP contribution in [0.1, 0.15) is 18.9 Å². The van der Waals surface area contributed by atoms with Gasteiger partial charge in [0, 0.05) is 37.3 Å². The molecule has 0 aromatic heterocycles. The molecule has 1 heterocycles. The highest BCUT2D eigenvalue weighted by Gasteiger charge is 2.25. The van der Waals surface area contributed by atoms with Crippen LogP contribution in [0, 0.1) is 10.1 Å². The van der Waals surface area contributed by atoms with Gasteiger partial charge in [-0.2, -0.15) is 0 Å². The molecule has 1 aliphatic heterocycles. The molecule has 1 fully saturated rings. The standard InChI is InChI=1S/C13H19N3O2/c1-2-7-15(12-8-14-9-12)10-11-5-3-4-6-13(11)16(17)18/h3-6,12,14H,2,7-10H2,1H3. The van der Waals surface area contributed by atoms with Gasteiger partial charge in [0.1, 0.15) is 0 Å². The molecule has 0 atom stereocenters. The Morgan fingerprint density at radius 2 is 2.17 bits per heavy atom. The van der Waals surface area contributed by atoms with Gasteiger partial charge in [0.15, 0.2) is 0 Å². The van der Waals surface area contributed by atoms with Crippen molar-refractivity contribution in [3.63, 3.8) is 0 Å². The number of nitro groups is 1.